The van der Waals surface area contributed by atoms with E-state index in [0.29, 0.717) is 11.3 Å². The van der Waals surface area contributed by atoms with E-state index in [9.17, 15) is 0 Å². The molecule has 1 nitrogen and oxygen atoms in total. The maximum Gasteiger partial charge on any atom is 0.0438 e. The number of benzene rings is 1. The molecule has 100 valence electrons. The van der Waals surface area contributed by atoms with Crippen molar-refractivity contribution in [2.24, 2.45) is 0 Å². The van der Waals surface area contributed by atoms with Crippen LogP contribution in [0.4, 0.5) is 0 Å². The molecule has 0 radical (unpaired) electrons. The van der Waals surface area contributed by atoms with Crippen LogP contribution in [0.5, 0.6) is 0 Å². The third-order valence-corrected chi connectivity index (χ3v) is 6.44. The zero-order valence-corrected chi connectivity index (χ0v) is 13.1. The van der Waals surface area contributed by atoms with E-state index in [4.69, 9.17) is 11.6 Å². The summed E-state index contributed by atoms with van der Waals surface area (Å²) in [7, 11) is 0. The van der Waals surface area contributed by atoms with Crippen molar-refractivity contribution in [2.45, 2.75) is 24.6 Å². The van der Waals surface area contributed by atoms with Gasteiger partial charge in [0.2, 0.25) is 0 Å². The topological polar surface area (TPSA) is 12.0 Å². The Kier molecular flexibility index (Phi) is 6.22. The third kappa shape index (κ3) is 4.09. The van der Waals surface area contributed by atoms with E-state index in [1.807, 2.05) is 12.1 Å². The largest absolute Gasteiger partial charge is 0.313 e. The molecule has 0 amide bonds. The van der Waals surface area contributed by atoms with Crippen LogP contribution in [0.15, 0.2) is 24.3 Å². The summed E-state index contributed by atoms with van der Waals surface area (Å²) >= 11 is 10.5. The minimum absolute atomic E-state index is 0.535. The molecule has 2 atom stereocenters. The average Bonchev–Trinajstić information content (AvgIpc) is 2.42. The van der Waals surface area contributed by atoms with Crippen LogP contribution in [0, 0.1) is 0 Å². The second-order valence-corrected chi connectivity index (χ2v) is 7.35. The van der Waals surface area contributed by atoms with Crippen molar-refractivity contribution in [3.63, 3.8) is 0 Å². The molecule has 2 rings (SSSR count). The third-order valence-electron chi connectivity index (χ3n) is 3.15. The average molecular weight is 302 g/mol. The van der Waals surface area contributed by atoms with Gasteiger partial charge in [0.05, 0.1) is 0 Å². The molecule has 1 saturated heterocycles. The summed E-state index contributed by atoms with van der Waals surface area (Å²) in [5.74, 6) is 3.83. The van der Waals surface area contributed by atoms with Crippen LogP contribution in [0.25, 0.3) is 0 Å². The van der Waals surface area contributed by atoms with E-state index in [-0.39, 0.29) is 0 Å². The SMILES string of the molecule is CCNC(Cc1ccccc1Cl)C1CSCCS1. The number of halogens is 1. The number of likely N-dealkylation sites (N-methyl/N-ethyl adjacent to an activating group) is 1. The summed E-state index contributed by atoms with van der Waals surface area (Å²) in [5.41, 5.74) is 1.27. The molecule has 1 aliphatic heterocycles. The smallest absolute Gasteiger partial charge is 0.0438 e. The van der Waals surface area contributed by atoms with Crippen molar-refractivity contribution >= 4 is 35.1 Å². The van der Waals surface area contributed by atoms with Gasteiger partial charge >= 0.3 is 0 Å². The van der Waals surface area contributed by atoms with Gasteiger partial charge in [-0.2, -0.15) is 23.5 Å². The van der Waals surface area contributed by atoms with Crippen LogP contribution in [0.3, 0.4) is 0 Å². The lowest BCUT2D eigenvalue weighted by Gasteiger charge is -2.30. The van der Waals surface area contributed by atoms with E-state index in [1.165, 1.54) is 22.8 Å². The van der Waals surface area contributed by atoms with Crippen molar-refractivity contribution < 1.29 is 0 Å². The summed E-state index contributed by atoms with van der Waals surface area (Å²) in [6, 6.07) is 8.75. The highest BCUT2D eigenvalue weighted by atomic mass is 35.5. The lowest BCUT2D eigenvalue weighted by Crippen LogP contribution is -2.42. The molecule has 1 aromatic carbocycles. The summed E-state index contributed by atoms with van der Waals surface area (Å²) in [4.78, 5) is 0. The van der Waals surface area contributed by atoms with Crippen molar-refractivity contribution in [3.8, 4) is 0 Å². The Bertz CT molecular complexity index is 367. The Labute approximate surface area is 123 Å². The summed E-state index contributed by atoms with van der Waals surface area (Å²) in [6.45, 7) is 3.21. The quantitative estimate of drug-likeness (QED) is 0.890. The van der Waals surface area contributed by atoms with Gasteiger partial charge in [0, 0.05) is 33.6 Å². The highest BCUT2D eigenvalue weighted by molar-refractivity contribution is 8.06. The highest BCUT2D eigenvalue weighted by Gasteiger charge is 2.24. The van der Waals surface area contributed by atoms with Crippen LogP contribution >= 0.6 is 35.1 Å². The molecule has 4 heteroatoms. The van der Waals surface area contributed by atoms with Gasteiger partial charge in [0.25, 0.3) is 0 Å². The van der Waals surface area contributed by atoms with Crippen molar-refractivity contribution in [3.05, 3.63) is 34.9 Å². The number of hydrogen-bond acceptors (Lipinski definition) is 3. The lowest BCUT2D eigenvalue weighted by atomic mass is 10.0. The Morgan fingerprint density at radius 3 is 2.89 bits per heavy atom. The maximum absolute atomic E-state index is 6.27. The summed E-state index contributed by atoms with van der Waals surface area (Å²) < 4.78 is 0. The molecule has 1 heterocycles. The molecule has 1 fully saturated rings. The van der Waals surface area contributed by atoms with E-state index >= 15 is 0 Å². The molecule has 1 N–H and O–H groups in total. The van der Waals surface area contributed by atoms with E-state index in [1.54, 1.807) is 0 Å². The van der Waals surface area contributed by atoms with Gasteiger partial charge in [-0.05, 0) is 24.6 Å². The first-order chi connectivity index (χ1) is 8.81. The summed E-state index contributed by atoms with van der Waals surface area (Å²) in [6.07, 6.45) is 1.03. The van der Waals surface area contributed by atoms with Crippen LogP contribution < -0.4 is 5.32 Å². The molecule has 1 aliphatic rings. The monoisotopic (exact) mass is 301 g/mol. The number of thioether (sulfide) groups is 2. The second kappa shape index (κ2) is 7.68. The number of hydrogen-bond donors (Lipinski definition) is 1. The molecular weight excluding hydrogens is 282 g/mol. The van der Waals surface area contributed by atoms with Gasteiger partial charge in [-0.3, -0.25) is 0 Å². The summed E-state index contributed by atoms with van der Waals surface area (Å²) in [5, 5.41) is 5.24. The standard InChI is InChI=1S/C14H20ClNS2/c1-2-16-13(14-10-17-7-8-18-14)9-11-5-3-4-6-12(11)15/h3-6,13-14,16H,2,7-10H2,1H3. The molecule has 1 aromatic rings. The Morgan fingerprint density at radius 2 is 2.22 bits per heavy atom. The fraction of sp³-hybridized carbons (Fsp3) is 0.571. The fourth-order valence-corrected chi connectivity index (χ4v) is 5.34. The first kappa shape index (κ1) is 14.6. The van der Waals surface area contributed by atoms with Gasteiger partial charge in [-0.25, -0.2) is 0 Å². The Morgan fingerprint density at radius 1 is 1.39 bits per heavy atom. The van der Waals surface area contributed by atoms with E-state index in [2.05, 4.69) is 47.9 Å². The van der Waals surface area contributed by atoms with Crippen LogP contribution in [-0.2, 0) is 6.42 Å². The molecule has 0 aliphatic carbocycles. The van der Waals surface area contributed by atoms with Gasteiger partial charge in [-0.15, -0.1) is 0 Å². The van der Waals surface area contributed by atoms with E-state index < -0.39 is 0 Å². The van der Waals surface area contributed by atoms with Crippen molar-refractivity contribution in [2.75, 3.05) is 23.8 Å². The van der Waals surface area contributed by atoms with Gasteiger partial charge in [0.1, 0.15) is 0 Å². The first-order valence-corrected chi connectivity index (χ1v) is 9.05. The Balaban J connectivity index is 2.03. The van der Waals surface area contributed by atoms with Crippen molar-refractivity contribution in [1.29, 1.82) is 0 Å². The fourth-order valence-electron chi connectivity index (χ4n) is 2.24. The normalized spacial score (nSPS) is 21.8. The predicted octanol–water partition coefficient (Wildman–Crippen LogP) is 3.71. The minimum atomic E-state index is 0.535. The maximum atomic E-state index is 6.27. The first-order valence-electron chi connectivity index (χ1n) is 6.47. The molecular formula is C14H20ClNS2. The highest BCUT2D eigenvalue weighted by Crippen LogP contribution is 2.29. The molecule has 0 bridgehead atoms. The minimum Gasteiger partial charge on any atom is -0.313 e. The van der Waals surface area contributed by atoms with E-state index in [0.717, 1.165) is 18.0 Å². The zero-order valence-electron chi connectivity index (χ0n) is 10.7. The van der Waals surface area contributed by atoms with Gasteiger partial charge in [-0.1, -0.05) is 36.7 Å². The van der Waals surface area contributed by atoms with Gasteiger partial charge < -0.3 is 5.32 Å². The Hall–Kier alpha value is 0.170. The van der Waals surface area contributed by atoms with Gasteiger partial charge in [0.15, 0.2) is 0 Å². The zero-order chi connectivity index (χ0) is 12.8. The van der Waals surface area contributed by atoms with Crippen LogP contribution in [0.2, 0.25) is 5.02 Å². The number of nitrogens with one attached hydrogen (secondary N) is 1. The van der Waals surface area contributed by atoms with Crippen LogP contribution in [-0.4, -0.2) is 35.1 Å². The van der Waals surface area contributed by atoms with Crippen LogP contribution in [0.1, 0.15) is 12.5 Å². The molecule has 0 spiro atoms. The molecule has 0 saturated carbocycles. The second-order valence-electron chi connectivity index (χ2n) is 4.44. The molecule has 2 unspecified atom stereocenters. The molecule has 18 heavy (non-hydrogen) atoms. The number of rotatable bonds is 5. The predicted molar refractivity (Wildman–Crippen MR) is 86.2 cm³/mol. The molecule has 0 aromatic heterocycles. The lowest BCUT2D eigenvalue weighted by molar-refractivity contribution is 0.522. The van der Waals surface area contributed by atoms with Crippen molar-refractivity contribution in [1.82, 2.24) is 5.32 Å².